The smallest absolute Gasteiger partial charge is 0.0599 e. The number of nitrogens with zero attached hydrogens (tertiary/aromatic N) is 1. The molecule has 102 valence electrons. The summed E-state index contributed by atoms with van der Waals surface area (Å²) >= 11 is 0. The van der Waals surface area contributed by atoms with E-state index in [0.717, 1.165) is 25.6 Å². The molecule has 0 saturated carbocycles. The van der Waals surface area contributed by atoms with Gasteiger partial charge in [-0.1, -0.05) is 6.92 Å². The van der Waals surface area contributed by atoms with E-state index in [1.165, 1.54) is 32.5 Å². The molecule has 0 aromatic heterocycles. The normalized spacial score (nSPS) is 19.8. The molecular formula is C14H30N2O. The molecule has 0 aromatic carbocycles. The number of ether oxygens (including phenoxy) is 1. The Kier molecular flexibility index (Phi) is 6.45. The molecule has 0 amide bonds. The van der Waals surface area contributed by atoms with E-state index in [9.17, 15) is 0 Å². The zero-order valence-electron chi connectivity index (χ0n) is 12.1. The highest BCUT2D eigenvalue weighted by Crippen LogP contribution is 2.09. The van der Waals surface area contributed by atoms with E-state index in [4.69, 9.17) is 4.74 Å². The molecule has 17 heavy (non-hydrogen) atoms. The van der Waals surface area contributed by atoms with Crippen LogP contribution >= 0.6 is 0 Å². The summed E-state index contributed by atoms with van der Waals surface area (Å²) in [7, 11) is 0. The summed E-state index contributed by atoms with van der Waals surface area (Å²) in [5.41, 5.74) is -0.0111. The molecule has 1 atom stereocenters. The van der Waals surface area contributed by atoms with E-state index in [2.05, 4.69) is 37.9 Å². The molecular weight excluding hydrogens is 212 g/mol. The molecule has 0 spiro atoms. The molecule has 0 radical (unpaired) electrons. The van der Waals surface area contributed by atoms with Gasteiger partial charge in [0.1, 0.15) is 0 Å². The lowest BCUT2D eigenvalue weighted by Gasteiger charge is -2.22. The third kappa shape index (κ3) is 7.74. The van der Waals surface area contributed by atoms with Gasteiger partial charge in [-0.25, -0.2) is 0 Å². The highest BCUT2D eigenvalue weighted by molar-refractivity contribution is 4.70. The van der Waals surface area contributed by atoms with Crippen molar-refractivity contribution in [2.45, 2.75) is 46.1 Å². The Bertz CT molecular complexity index is 195. The minimum absolute atomic E-state index is 0.0111. The minimum atomic E-state index is -0.0111. The van der Waals surface area contributed by atoms with Crippen molar-refractivity contribution in [1.29, 1.82) is 0 Å². The van der Waals surface area contributed by atoms with Gasteiger partial charge in [-0.15, -0.1) is 0 Å². The topological polar surface area (TPSA) is 24.5 Å². The minimum Gasteiger partial charge on any atom is -0.375 e. The maximum Gasteiger partial charge on any atom is 0.0599 e. The van der Waals surface area contributed by atoms with Crippen LogP contribution in [-0.4, -0.2) is 49.8 Å². The standard InChI is InChI=1S/C14H30N2O/c1-13(12-16-8-5-6-9-16)11-15-7-10-17-14(2,3)4/h13,15H,5-12H2,1-4H3. The fourth-order valence-corrected chi connectivity index (χ4v) is 2.25. The van der Waals surface area contributed by atoms with Crippen molar-refractivity contribution in [3.63, 3.8) is 0 Å². The van der Waals surface area contributed by atoms with Gasteiger partial charge in [-0.05, 0) is 59.2 Å². The molecule has 3 nitrogen and oxygen atoms in total. The predicted octanol–water partition coefficient (Wildman–Crippen LogP) is 2.12. The molecule has 1 rings (SSSR count). The summed E-state index contributed by atoms with van der Waals surface area (Å²) in [4.78, 5) is 2.58. The van der Waals surface area contributed by atoms with Crippen LogP contribution in [0.25, 0.3) is 0 Å². The first kappa shape index (κ1) is 14.9. The van der Waals surface area contributed by atoms with Crippen LogP contribution in [0.15, 0.2) is 0 Å². The first-order valence-electron chi connectivity index (χ1n) is 7.04. The Labute approximate surface area is 107 Å². The molecule has 1 unspecified atom stereocenters. The molecule has 1 aliphatic heterocycles. The number of likely N-dealkylation sites (tertiary alicyclic amines) is 1. The predicted molar refractivity (Wildman–Crippen MR) is 73.4 cm³/mol. The van der Waals surface area contributed by atoms with E-state index in [1.54, 1.807) is 0 Å². The van der Waals surface area contributed by atoms with Gasteiger partial charge < -0.3 is 15.0 Å². The van der Waals surface area contributed by atoms with Crippen LogP contribution in [0, 0.1) is 5.92 Å². The van der Waals surface area contributed by atoms with Gasteiger partial charge in [0, 0.05) is 13.1 Å². The lowest BCUT2D eigenvalue weighted by Crippen LogP contribution is -2.34. The first-order valence-corrected chi connectivity index (χ1v) is 7.04. The zero-order valence-corrected chi connectivity index (χ0v) is 12.1. The highest BCUT2D eigenvalue weighted by Gasteiger charge is 2.14. The van der Waals surface area contributed by atoms with E-state index >= 15 is 0 Å². The first-order chi connectivity index (χ1) is 7.97. The Morgan fingerprint density at radius 1 is 1.24 bits per heavy atom. The molecule has 3 heteroatoms. The average molecular weight is 242 g/mol. The lowest BCUT2D eigenvalue weighted by molar-refractivity contribution is -0.00103. The number of hydrogen-bond acceptors (Lipinski definition) is 3. The molecule has 1 fully saturated rings. The van der Waals surface area contributed by atoms with E-state index < -0.39 is 0 Å². The Morgan fingerprint density at radius 2 is 1.88 bits per heavy atom. The summed E-state index contributed by atoms with van der Waals surface area (Å²) < 4.78 is 5.67. The quantitative estimate of drug-likeness (QED) is 0.692. The van der Waals surface area contributed by atoms with Crippen molar-refractivity contribution in [3.8, 4) is 0 Å². The summed E-state index contributed by atoms with van der Waals surface area (Å²) in [6.07, 6.45) is 2.78. The van der Waals surface area contributed by atoms with Gasteiger partial charge in [0.2, 0.25) is 0 Å². The maximum absolute atomic E-state index is 5.67. The van der Waals surface area contributed by atoms with Crippen LogP contribution in [0.4, 0.5) is 0 Å². The van der Waals surface area contributed by atoms with Crippen molar-refractivity contribution < 1.29 is 4.74 Å². The number of rotatable bonds is 7. The van der Waals surface area contributed by atoms with Crippen molar-refractivity contribution in [1.82, 2.24) is 10.2 Å². The second kappa shape index (κ2) is 7.34. The van der Waals surface area contributed by atoms with Gasteiger partial charge in [-0.3, -0.25) is 0 Å². The second-order valence-corrected chi connectivity index (χ2v) is 6.28. The van der Waals surface area contributed by atoms with Crippen molar-refractivity contribution in [2.75, 3.05) is 39.3 Å². The largest absolute Gasteiger partial charge is 0.375 e. The Hall–Kier alpha value is -0.120. The van der Waals surface area contributed by atoms with Crippen LogP contribution < -0.4 is 5.32 Å². The van der Waals surface area contributed by atoms with Gasteiger partial charge in [0.05, 0.1) is 12.2 Å². The molecule has 1 N–H and O–H groups in total. The van der Waals surface area contributed by atoms with Gasteiger partial charge in [0.15, 0.2) is 0 Å². The summed E-state index contributed by atoms with van der Waals surface area (Å²) in [6, 6.07) is 0. The zero-order chi connectivity index (χ0) is 12.7. The third-order valence-electron chi connectivity index (χ3n) is 3.08. The lowest BCUT2D eigenvalue weighted by atomic mass is 10.1. The monoisotopic (exact) mass is 242 g/mol. The molecule has 1 heterocycles. The van der Waals surface area contributed by atoms with Crippen LogP contribution in [0.2, 0.25) is 0 Å². The summed E-state index contributed by atoms with van der Waals surface area (Å²) in [5, 5.41) is 3.48. The van der Waals surface area contributed by atoms with Crippen LogP contribution in [-0.2, 0) is 4.74 Å². The van der Waals surface area contributed by atoms with Crippen LogP contribution in [0.3, 0.4) is 0 Å². The van der Waals surface area contributed by atoms with Crippen LogP contribution in [0.5, 0.6) is 0 Å². The molecule has 0 aromatic rings. The average Bonchev–Trinajstić information content (AvgIpc) is 2.68. The van der Waals surface area contributed by atoms with Gasteiger partial charge >= 0.3 is 0 Å². The van der Waals surface area contributed by atoms with E-state index in [1.807, 2.05) is 0 Å². The maximum atomic E-state index is 5.67. The van der Waals surface area contributed by atoms with E-state index in [-0.39, 0.29) is 5.60 Å². The molecule has 0 aliphatic carbocycles. The van der Waals surface area contributed by atoms with Gasteiger partial charge in [-0.2, -0.15) is 0 Å². The number of nitrogens with one attached hydrogen (secondary N) is 1. The summed E-state index contributed by atoms with van der Waals surface area (Å²) in [5.74, 6) is 0.739. The Morgan fingerprint density at radius 3 is 2.47 bits per heavy atom. The van der Waals surface area contributed by atoms with Crippen LogP contribution in [0.1, 0.15) is 40.5 Å². The van der Waals surface area contributed by atoms with Crippen molar-refractivity contribution in [3.05, 3.63) is 0 Å². The van der Waals surface area contributed by atoms with E-state index in [0.29, 0.717) is 0 Å². The Balaban J connectivity index is 1.94. The van der Waals surface area contributed by atoms with Crippen molar-refractivity contribution >= 4 is 0 Å². The second-order valence-electron chi connectivity index (χ2n) is 6.28. The fourth-order valence-electron chi connectivity index (χ4n) is 2.25. The molecule has 1 saturated heterocycles. The fraction of sp³-hybridized carbons (Fsp3) is 1.00. The van der Waals surface area contributed by atoms with Crippen molar-refractivity contribution in [2.24, 2.45) is 5.92 Å². The SMILES string of the molecule is CC(CNCCOC(C)(C)C)CN1CCCC1. The third-order valence-corrected chi connectivity index (χ3v) is 3.08. The highest BCUT2D eigenvalue weighted by atomic mass is 16.5. The molecule has 1 aliphatic rings. The molecule has 0 bridgehead atoms. The van der Waals surface area contributed by atoms with Gasteiger partial charge in [0.25, 0.3) is 0 Å². The summed E-state index contributed by atoms with van der Waals surface area (Å²) in [6.45, 7) is 15.3. The number of hydrogen-bond donors (Lipinski definition) is 1.